The van der Waals surface area contributed by atoms with Gasteiger partial charge in [0.15, 0.2) is 10.7 Å². The van der Waals surface area contributed by atoms with Crippen LogP contribution >= 0.6 is 11.3 Å². The van der Waals surface area contributed by atoms with Crippen LogP contribution in [0.1, 0.15) is 59.9 Å². The Kier molecular flexibility index (Phi) is 6.57. The van der Waals surface area contributed by atoms with Crippen LogP contribution in [0.15, 0.2) is 41.9 Å². The summed E-state index contributed by atoms with van der Waals surface area (Å²) in [5, 5.41) is 2.06. The molecule has 170 valence electrons. The van der Waals surface area contributed by atoms with Crippen LogP contribution in [0.5, 0.6) is 0 Å². The Morgan fingerprint density at radius 1 is 1.03 bits per heavy atom. The standard InChI is InChI=1S/C25H33N5OS/c1-27-14-15-28(18-21(27)20-10-6-5-7-11-20)19-22-23(26-25-30(22)16-17-32-25)24(31)29-12-8-3-2-4-9-13-29/h5-7,10-11,16-17,21H,2-4,8-9,12-15,18-19H2,1H3/t21-/m0/s1. The van der Waals surface area contributed by atoms with E-state index < -0.39 is 0 Å². The minimum absolute atomic E-state index is 0.117. The predicted molar refractivity (Wildman–Crippen MR) is 129 cm³/mol. The largest absolute Gasteiger partial charge is 0.337 e. The van der Waals surface area contributed by atoms with Crippen LogP contribution in [0.3, 0.4) is 0 Å². The van der Waals surface area contributed by atoms with Gasteiger partial charge in [-0.1, -0.05) is 49.6 Å². The molecule has 0 spiro atoms. The summed E-state index contributed by atoms with van der Waals surface area (Å²) in [7, 11) is 2.21. The normalized spacial score (nSPS) is 21.5. The highest BCUT2D eigenvalue weighted by Gasteiger charge is 2.30. The first-order chi connectivity index (χ1) is 15.7. The van der Waals surface area contributed by atoms with E-state index in [0.29, 0.717) is 11.7 Å². The highest BCUT2D eigenvalue weighted by Crippen LogP contribution is 2.27. The van der Waals surface area contributed by atoms with Crippen LogP contribution in [0.4, 0.5) is 0 Å². The maximum Gasteiger partial charge on any atom is 0.274 e. The number of imidazole rings is 1. The number of thiazole rings is 1. The van der Waals surface area contributed by atoms with Crippen LogP contribution in [0.25, 0.3) is 4.96 Å². The summed E-state index contributed by atoms with van der Waals surface area (Å²) in [5.41, 5.74) is 3.06. The molecule has 0 N–H and O–H groups in total. The van der Waals surface area contributed by atoms with Gasteiger partial charge in [-0.3, -0.25) is 19.0 Å². The molecule has 6 nitrogen and oxygen atoms in total. The fraction of sp³-hybridized carbons (Fsp3) is 0.520. The number of hydrogen-bond acceptors (Lipinski definition) is 5. The number of aromatic nitrogens is 2. The maximum absolute atomic E-state index is 13.6. The van der Waals surface area contributed by atoms with Crippen molar-refractivity contribution in [3.8, 4) is 0 Å². The van der Waals surface area contributed by atoms with Crippen molar-refractivity contribution in [1.29, 1.82) is 0 Å². The first-order valence-corrected chi connectivity index (χ1v) is 12.8. The molecule has 2 aliphatic rings. The summed E-state index contributed by atoms with van der Waals surface area (Å²) in [4.78, 5) is 26.3. The fourth-order valence-corrected chi connectivity index (χ4v) is 5.81. The van der Waals surface area contributed by atoms with Crippen molar-refractivity contribution in [3.05, 3.63) is 58.9 Å². The fourth-order valence-electron chi connectivity index (χ4n) is 5.08. The van der Waals surface area contributed by atoms with E-state index in [4.69, 9.17) is 4.98 Å². The van der Waals surface area contributed by atoms with Gasteiger partial charge in [-0.15, -0.1) is 11.3 Å². The highest BCUT2D eigenvalue weighted by molar-refractivity contribution is 7.15. The molecule has 0 saturated carbocycles. The lowest BCUT2D eigenvalue weighted by atomic mass is 10.0. The zero-order chi connectivity index (χ0) is 21.9. The van der Waals surface area contributed by atoms with Crippen molar-refractivity contribution in [2.24, 2.45) is 0 Å². The Hall–Kier alpha value is -2.22. The van der Waals surface area contributed by atoms with E-state index >= 15 is 0 Å². The topological polar surface area (TPSA) is 44.1 Å². The van der Waals surface area contributed by atoms with Crippen LogP contribution in [-0.2, 0) is 6.54 Å². The quantitative estimate of drug-likeness (QED) is 0.594. The Balaban J connectivity index is 1.39. The Labute approximate surface area is 194 Å². The average molecular weight is 452 g/mol. The van der Waals surface area contributed by atoms with Gasteiger partial charge in [-0.2, -0.15) is 0 Å². The monoisotopic (exact) mass is 451 g/mol. The molecule has 2 aromatic heterocycles. The number of benzene rings is 1. The molecule has 1 atom stereocenters. The number of nitrogens with zero attached hydrogens (tertiary/aromatic N) is 5. The number of likely N-dealkylation sites (tertiary alicyclic amines) is 1. The van der Waals surface area contributed by atoms with E-state index in [1.807, 2.05) is 4.90 Å². The summed E-state index contributed by atoms with van der Waals surface area (Å²) in [6.07, 6.45) is 7.99. The minimum Gasteiger partial charge on any atom is -0.337 e. The molecule has 1 amide bonds. The van der Waals surface area contributed by atoms with Gasteiger partial charge in [0.25, 0.3) is 5.91 Å². The van der Waals surface area contributed by atoms with Crippen LogP contribution < -0.4 is 0 Å². The van der Waals surface area contributed by atoms with Gasteiger partial charge in [0.1, 0.15) is 0 Å². The maximum atomic E-state index is 13.6. The summed E-state index contributed by atoms with van der Waals surface area (Å²) in [6.45, 7) is 5.43. The minimum atomic E-state index is 0.117. The Morgan fingerprint density at radius 2 is 1.78 bits per heavy atom. The summed E-state index contributed by atoms with van der Waals surface area (Å²) in [6, 6.07) is 11.1. The first kappa shape index (κ1) is 21.6. The van der Waals surface area contributed by atoms with Gasteiger partial charge in [-0.25, -0.2) is 4.98 Å². The number of fused-ring (bicyclic) bond motifs is 1. The molecule has 32 heavy (non-hydrogen) atoms. The van der Waals surface area contributed by atoms with Gasteiger partial charge in [-0.05, 0) is 25.5 Å². The number of hydrogen-bond donors (Lipinski definition) is 0. The lowest BCUT2D eigenvalue weighted by Crippen LogP contribution is -2.46. The van der Waals surface area contributed by atoms with E-state index in [1.54, 1.807) is 11.3 Å². The number of amides is 1. The third-order valence-electron chi connectivity index (χ3n) is 7.00. The lowest BCUT2D eigenvalue weighted by molar-refractivity contribution is 0.0726. The molecule has 3 aromatic rings. The molecule has 0 radical (unpaired) electrons. The van der Waals surface area contributed by atoms with E-state index in [2.05, 4.69) is 63.2 Å². The van der Waals surface area contributed by atoms with Crippen LogP contribution in [-0.4, -0.2) is 69.8 Å². The second-order valence-corrected chi connectivity index (χ2v) is 10.0. The van der Waals surface area contributed by atoms with E-state index in [-0.39, 0.29) is 5.91 Å². The Bertz CT molecular complexity index is 1040. The number of carbonyl (C=O) groups is 1. The molecule has 1 aromatic carbocycles. The molecule has 2 aliphatic heterocycles. The number of piperazine rings is 1. The Morgan fingerprint density at radius 3 is 2.56 bits per heavy atom. The van der Waals surface area contributed by atoms with Crippen molar-refractivity contribution < 1.29 is 4.79 Å². The van der Waals surface area contributed by atoms with Crippen LogP contribution in [0, 0.1) is 0 Å². The molecule has 0 aliphatic carbocycles. The predicted octanol–water partition coefficient (Wildman–Crippen LogP) is 4.29. The van der Waals surface area contributed by atoms with E-state index in [0.717, 1.165) is 62.8 Å². The zero-order valence-corrected chi connectivity index (χ0v) is 19.8. The smallest absolute Gasteiger partial charge is 0.274 e. The third-order valence-corrected chi connectivity index (χ3v) is 7.75. The molecular weight excluding hydrogens is 418 g/mol. The van der Waals surface area contributed by atoms with Crippen molar-refractivity contribution in [2.45, 2.75) is 44.7 Å². The molecule has 0 bridgehead atoms. The first-order valence-electron chi connectivity index (χ1n) is 11.9. The molecule has 2 fully saturated rings. The van der Waals surface area contributed by atoms with Gasteiger partial charge in [0.2, 0.25) is 0 Å². The second kappa shape index (κ2) is 9.73. The second-order valence-electron chi connectivity index (χ2n) is 9.16. The zero-order valence-electron chi connectivity index (χ0n) is 18.9. The average Bonchev–Trinajstić information content (AvgIpc) is 3.38. The lowest BCUT2D eigenvalue weighted by Gasteiger charge is -2.39. The number of carbonyl (C=O) groups excluding carboxylic acids is 1. The third kappa shape index (κ3) is 4.47. The van der Waals surface area contributed by atoms with Crippen molar-refractivity contribution in [3.63, 3.8) is 0 Å². The summed E-state index contributed by atoms with van der Waals surface area (Å²) < 4.78 is 2.14. The number of rotatable bonds is 4. The number of likely N-dealkylation sites (N-methyl/N-ethyl adjacent to an activating group) is 1. The van der Waals surface area contributed by atoms with Crippen molar-refractivity contribution in [2.75, 3.05) is 39.8 Å². The van der Waals surface area contributed by atoms with E-state index in [1.165, 1.54) is 24.8 Å². The SMILES string of the molecule is CN1CCN(Cc2c(C(=O)N3CCCCCCC3)nc3sccn23)C[C@H]1c1ccccc1. The van der Waals surface area contributed by atoms with Gasteiger partial charge in [0.05, 0.1) is 5.69 Å². The molecule has 0 unspecified atom stereocenters. The molecular formula is C25H33N5OS. The molecule has 2 saturated heterocycles. The van der Waals surface area contributed by atoms with Crippen LogP contribution in [0.2, 0.25) is 0 Å². The summed E-state index contributed by atoms with van der Waals surface area (Å²) >= 11 is 1.61. The molecule has 7 heteroatoms. The van der Waals surface area contributed by atoms with E-state index in [9.17, 15) is 4.79 Å². The van der Waals surface area contributed by atoms with Gasteiger partial charge >= 0.3 is 0 Å². The van der Waals surface area contributed by atoms with Gasteiger partial charge < -0.3 is 4.90 Å². The van der Waals surface area contributed by atoms with Crippen molar-refractivity contribution >= 4 is 22.2 Å². The molecule has 5 rings (SSSR count). The summed E-state index contributed by atoms with van der Waals surface area (Å²) in [5.74, 6) is 0.117. The molecule has 4 heterocycles. The van der Waals surface area contributed by atoms with Gasteiger partial charge in [0, 0.05) is 56.9 Å². The highest BCUT2D eigenvalue weighted by atomic mass is 32.1. The van der Waals surface area contributed by atoms with Crippen molar-refractivity contribution in [1.82, 2.24) is 24.1 Å².